The van der Waals surface area contributed by atoms with Gasteiger partial charge in [0.15, 0.2) is 15.9 Å². The van der Waals surface area contributed by atoms with Crippen molar-refractivity contribution in [3.05, 3.63) is 65.0 Å². The summed E-state index contributed by atoms with van der Waals surface area (Å²) in [5.74, 6) is 0.378. The summed E-state index contributed by atoms with van der Waals surface area (Å²) in [7, 11) is 0. The Labute approximate surface area is 201 Å². The zero-order valence-electron chi connectivity index (χ0n) is 18.5. The molecule has 0 aromatic heterocycles. The summed E-state index contributed by atoms with van der Waals surface area (Å²) in [6.07, 6.45) is -4.69. The van der Waals surface area contributed by atoms with Gasteiger partial charge in [-0.25, -0.2) is 9.84 Å². The van der Waals surface area contributed by atoms with Crippen LogP contribution in [-0.2, 0) is 6.18 Å². The van der Waals surface area contributed by atoms with E-state index in [1.54, 1.807) is 0 Å². The van der Waals surface area contributed by atoms with Crippen LogP contribution in [0.25, 0.3) is 4.85 Å². The number of thiocarbonyl (C=S) groups is 2. The van der Waals surface area contributed by atoms with Gasteiger partial charge in [-0.3, -0.25) is 4.90 Å². The lowest BCUT2D eigenvalue weighted by Crippen LogP contribution is -2.45. The van der Waals surface area contributed by atoms with Crippen LogP contribution in [0.15, 0.2) is 47.5 Å². The maximum atomic E-state index is 13.7. The van der Waals surface area contributed by atoms with E-state index >= 15 is 0 Å². The fourth-order valence-corrected chi connectivity index (χ4v) is 4.38. The van der Waals surface area contributed by atoms with E-state index in [4.69, 9.17) is 31.0 Å². The number of halogens is 3. The Morgan fingerprint density at radius 2 is 1.76 bits per heavy atom. The van der Waals surface area contributed by atoms with Crippen molar-refractivity contribution in [3.63, 3.8) is 0 Å². The summed E-state index contributed by atoms with van der Waals surface area (Å²) >= 11 is 11.1. The standard InChI is InChI=1S/C23H22F3N5S2/c1-6-28-20(32)29-19-22(3,4)31(15-9-7-14(2)8-10-15)21(33)30(19)16-11-12-18(27-5)17(13-16)23(24,25)26/h7-13H,6H2,1-4H3,(H,28,32). The molecule has 0 unspecified atom stereocenters. The van der Waals surface area contributed by atoms with Gasteiger partial charge in [-0.15, -0.1) is 0 Å². The van der Waals surface area contributed by atoms with Crippen LogP contribution in [0.1, 0.15) is 31.9 Å². The number of alkyl halides is 3. The Balaban J connectivity index is 2.23. The Kier molecular flexibility index (Phi) is 6.77. The number of benzene rings is 2. The molecule has 1 fully saturated rings. The predicted molar refractivity (Wildman–Crippen MR) is 134 cm³/mol. The number of hydrogen-bond acceptors (Lipinski definition) is 2. The van der Waals surface area contributed by atoms with E-state index in [0.717, 1.165) is 23.4 Å². The van der Waals surface area contributed by atoms with Gasteiger partial charge in [0.05, 0.1) is 12.1 Å². The molecule has 0 spiro atoms. The summed E-state index contributed by atoms with van der Waals surface area (Å²) in [6.45, 7) is 15.2. The second kappa shape index (κ2) is 9.08. The largest absolute Gasteiger partial charge is 0.407 e. The summed E-state index contributed by atoms with van der Waals surface area (Å²) < 4.78 is 41.0. The Bertz CT molecular complexity index is 1160. The van der Waals surface area contributed by atoms with Crippen molar-refractivity contribution in [2.24, 2.45) is 4.99 Å². The normalized spacial score (nSPS) is 16.8. The SMILES string of the molecule is [C-]#[N+]c1ccc(N2C(=S)N(c3ccc(C)cc3)C(C)(C)C2=NC(=S)NCC)cc1C(F)(F)F. The monoisotopic (exact) mass is 489 g/mol. The van der Waals surface area contributed by atoms with Crippen molar-refractivity contribution in [1.82, 2.24) is 5.32 Å². The van der Waals surface area contributed by atoms with Gasteiger partial charge in [0.2, 0.25) is 0 Å². The van der Waals surface area contributed by atoms with Crippen molar-refractivity contribution in [2.75, 3.05) is 16.3 Å². The van der Waals surface area contributed by atoms with Gasteiger partial charge >= 0.3 is 6.18 Å². The quantitative estimate of drug-likeness (QED) is 0.407. The number of nitrogens with zero attached hydrogens (tertiary/aromatic N) is 4. The third-order valence-electron chi connectivity index (χ3n) is 5.19. The molecule has 2 aromatic rings. The zero-order valence-corrected chi connectivity index (χ0v) is 20.1. The molecule has 2 aromatic carbocycles. The van der Waals surface area contributed by atoms with Crippen LogP contribution in [0, 0.1) is 13.5 Å². The molecular weight excluding hydrogens is 467 g/mol. The number of aliphatic imine (C=N–C) groups is 1. The van der Waals surface area contributed by atoms with Crippen LogP contribution >= 0.6 is 24.4 Å². The lowest BCUT2D eigenvalue weighted by atomic mass is 10.0. The number of nitrogens with one attached hydrogen (secondary N) is 1. The molecule has 1 heterocycles. The van der Waals surface area contributed by atoms with Crippen LogP contribution < -0.4 is 15.1 Å². The van der Waals surface area contributed by atoms with E-state index in [-0.39, 0.29) is 15.9 Å². The van der Waals surface area contributed by atoms with E-state index in [2.05, 4.69) is 15.2 Å². The van der Waals surface area contributed by atoms with Crippen molar-refractivity contribution in [2.45, 2.75) is 39.4 Å². The first-order chi connectivity index (χ1) is 15.4. The van der Waals surface area contributed by atoms with Gasteiger partial charge in [0.25, 0.3) is 0 Å². The molecule has 0 radical (unpaired) electrons. The Morgan fingerprint density at radius 1 is 1.15 bits per heavy atom. The minimum atomic E-state index is -4.69. The minimum absolute atomic E-state index is 0.153. The van der Waals surface area contributed by atoms with Crippen molar-refractivity contribution in [3.8, 4) is 0 Å². The summed E-state index contributed by atoms with van der Waals surface area (Å²) in [5, 5.41) is 3.41. The highest BCUT2D eigenvalue weighted by Crippen LogP contribution is 2.42. The van der Waals surface area contributed by atoms with Crippen LogP contribution in [-0.4, -0.2) is 28.1 Å². The maximum absolute atomic E-state index is 13.7. The molecule has 0 saturated carbocycles. The van der Waals surface area contributed by atoms with Crippen molar-refractivity contribution < 1.29 is 13.2 Å². The molecule has 172 valence electrons. The predicted octanol–water partition coefficient (Wildman–Crippen LogP) is 6.25. The average molecular weight is 490 g/mol. The van der Waals surface area contributed by atoms with E-state index in [0.29, 0.717) is 12.4 Å². The number of anilines is 2. The molecule has 1 aliphatic rings. The molecule has 1 aliphatic heterocycles. The molecule has 10 heteroatoms. The minimum Gasteiger partial charge on any atom is -0.361 e. The first-order valence-corrected chi connectivity index (χ1v) is 10.9. The highest BCUT2D eigenvalue weighted by atomic mass is 32.1. The first kappa shape index (κ1) is 24.6. The maximum Gasteiger partial charge on any atom is 0.407 e. The first-order valence-electron chi connectivity index (χ1n) is 10.1. The molecule has 33 heavy (non-hydrogen) atoms. The van der Waals surface area contributed by atoms with Crippen LogP contribution in [0.3, 0.4) is 0 Å². The Morgan fingerprint density at radius 3 is 2.30 bits per heavy atom. The molecule has 0 amide bonds. The van der Waals surface area contributed by atoms with E-state index in [1.165, 1.54) is 11.0 Å². The zero-order chi connectivity index (χ0) is 24.6. The van der Waals surface area contributed by atoms with Gasteiger partial charge in [0.1, 0.15) is 11.4 Å². The molecule has 3 rings (SSSR count). The highest BCUT2D eigenvalue weighted by Gasteiger charge is 2.49. The molecule has 0 bridgehead atoms. The fourth-order valence-electron chi connectivity index (χ4n) is 3.62. The van der Waals surface area contributed by atoms with E-state index < -0.39 is 23.0 Å². The third kappa shape index (κ3) is 4.70. The molecule has 5 nitrogen and oxygen atoms in total. The van der Waals surface area contributed by atoms with Crippen molar-refractivity contribution in [1.29, 1.82) is 0 Å². The van der Waals surface area contributed by atoms with Gasteiger partial charge in [-0.1, -0.05) is 23.8 Å². The van der Waals surface area contributed by atoms with Gasteiger partial charge < -0.3 is 10.2 Å². The van der Waals surface area contributed by atoms with Crippen LogP contribution in [0.4, 0.5) is 30.2 Å². The number of aryl methyl sites for hydroxylation is 1. The molecule has 0 atom stereocenters. The number of rotatable bonds is 3. The second-order valence-corrected chi connectivity index (χ2v) is 8.68. The lowest BCUT2D eigenvalue weighted by Gasteiger charge is -2.31. The smallest absolute Gasteiger partial charge is 0.361 e. The van der Waals surface area contributed by atoms with Crippen LogP contribution in [0.5, 0.6) is 0 Å². The third-order valence-corrected chi connectivity index (χ3v) is 5.79. The molecule has 1 N–H and O–H groups in total. The van der Waals surface area contributed by atoms with Gasteiger partial charge in [0, 0.05) is 17.9 Å². The number of hydrogen-bond donors (Lipinski definition) is 1. The van der Waals surface area contributed by atoms with Crippen LogP contribution in [0.2, 0.25) is 0 Å². The fraction of sp³-hybridized carbons (Fsp3) is 0.304. The van der Waals surface area contributed by atoms with Gasteiger partial charge in [-0.05, 0) is 76.4 Å². The van der Waals surface area contributed by atoms with E-state index in [1.807, 2.05) is 56.9 Å². The topological polar surface area (TPSA) is 35.2 Å². The average Bonchev–Trinajstić information content (AvgIpc) is 2.93. The molecule has 1 saturated heterocycles. The summed E-state index contributed by atoms with van der Waals surface area (Å²) in [5.41, 5.74) is -0.353. The van der Waals surface area contributed by atoms with Gasteiger partial charge in [-0.2, -0.15) is 13.2 Å². The summed E-state index contributed by atoms with van der Waals surface area (Å²) in [6, 6.07) is 11.2. The molecular formula is C23H22F3N5S2. The lowest BCUT2D eigenvalue weighted by molar-refractivity contribution is -0.136. The summed E-state index contributed by atoms with van der Waals surface area (Å²) in [4.78, 5) is 10.9. The van der Waals surface area contributed by atoms with E-state index in [9.17, 15) is 13.2 Å². The Hall–Kier alpha value is -3.03. The molecule has 0 aliphatic carbocycles. The highest BCUT2D eigenvalue weighted by molar-refractivity contribution is 7.81. The number of amidine groups is 1. The van der Waals surface area contributed by atoms with Crippen molar-refractivity contribution >= 4 is 57.6 Å². The second-order valence-electron chi connectivity index (χ2n) is 7.93.